The molecule has 0 spiro atoms. The second kappa shape index (κ2) is 4.97. The van der Waals surface area contributed by atoms with Crippen LogP contribution in [-0.2, 0) is 9.53 Å². The first kappa shape index (κ1) is 12.9. The van der Waals surface area contributed by atoms with Gasteiger partial charge in [0.25, 0.3) is 0 Å². The zero-order chi connectivity index (χ0) is 12.5. The summed E-state index contributed by atoms with van der Waals surface area (Å²) in [7, 11) is 0. The van der Waals surface area contributed by atoms with Crippen molar-refractivity contribution in [2.45, 2.75) is 52.1 Å². The van der Waals surface area contributed by atoms with Crippen molar-refractivity contribution < 1.29 is 9.53 Å². The van der Waals surface area contributed by atoms with E-state index in [1.54, 1.807) is 0 Å². The van der Waals surface area contributed by atoms with Crippen LogP contribution in [0.15, 0.2) is 0 Å². The number of hydrogen-bond acceptors (Lipinski definition) is 3. The van der Waals surface area contributed by atoms with E-state index in [1.807, 2.05) is 20.8 Å². The van der Waals surface area contributed by atoms with Crippen molar-refractivity contribution in [3.8, 4) is 0 Å². The average molecular weight is 239 g/mol. The van der Waals surface area contributed by atoms with Crippen LogP contribution >= 0.6 is 0 Å². The summed E-state index contributed by atoms with van der Waals surface area (Å²) in [4.78, 5) is 12.2. The molecule has 17 heavy (non-hydrogen) atoms. The molecule has 1 saturated carbocycles. The minimum atomic E-state index is -0.361. The van der Waals surface area contributed by atoms with Crippen molar-refractivity contribution in [1.29, 1.82) is 0 Å². The van der Waals surface area contributed by atoms with E-state index in [0.29, 0.717) is 5.92 Å². The van der Waals surface area contributed by atoms with Gasteiger partial charge in [-0.3, -0.25) is 4.79 Å². The second-order valence-corrected chi connectivity index (χ2v) is 6.51. The number of carbonyl (C=O) groups is 1. The average Bonchev–Trinajstić information content (AvgIpc) is 2.85. The van der Waals surface area contributed by atoms with Crippen molar-refractivity contribution in [3.05, 3.63) is 0 Å². The van der Waals surface area contributed by atoms with Crippen molar-refractivity contribution >= 4 is 5.97 Å². The largest absolute Gasteiger partial charge is 0.460 e. The molecule has 2 fully saturated rings. The Kier molecular flexibility index (Phi) is 3.76. The van der Waals surface area contributed by atoms with Gasteiger partial charge in [0.05, 0.1) is 5.92 Å². The van der Waals surface area contributed by atoms with E-state index in [9.17, 15) is 4.79 Å². The van der Waals surface area contributed by atoms with Crippen LogP contribution in [0, 0.1) is 17.8 Å². The van der Waals surface area contributed by atoms with Crippen molar-refractivity contribution in [2.24, 2.45) is 17.8 Å². The van der Waals surface area contributed by atoms with E-state index in [-0.39, 0.29) is 17.5 Å². The van der Waals surface area contributed by atoms with Crippen molar-refractivity contribution in [3.63, 3.8) is 0 Å². The summed E-state index contributed by atoms with van der Waals surface area (Å²) < 4.78 is 5.53. The third-order valence-electron chi connectivity index (χ3n) is 3.98. The van der Waals surface area contributed by atoms with Crippen LogP contribution in [0.2, 0.25) is 0 Å². The maximum absolute atomic E-state index is 12.2. The summed E-state index contributed by atoms with van der Waals surface area (Å²) in [5, 5.41) is 3.37. The number of esters is 1. The van der Waals surface area contributed by atoms with Crippen molar-refractivity contribution in [2.75, 3.05) is 13.1 Å². The normalized spacial score (nSPS) is 30.8. The van der Waals surface area contributed by atoms with Crippen LogP contribution < -0.4 is 5.32 Å². The quantitative estimate of drug-likeness (QED) is 0.752. The van der Waals surface area contributed by atoms with Gasteiger partial charge in [-0.1, -0.05) is 25.7 Å². The molecule has 0 aromatic rings. The lowest BCUT2D eigenvalue weighted by Gasteiger charge is -2.27. The van der Waals surface area contributed by atoms with Gasteiger partial charge in [0.2, 0.25) is 0 Å². The monoisotopic (exact) mass is 239 g/mol. The summed E-state index contributed by atoms with van der Waals surface area (Å²) in [5.74, 6) is 1.33. The lowest BCUT2D eigenvalue weighted by molar-refractivity contribution is -0.161. The highest BCUT2D eigenvalue weighted by Gasteiger charge is 2.40. The molecular weight excluding hydrogens is 214 g/mol. The Hall–Kier alpha value is -0.570. The van der Waals surface area contributed by atoms with E-state index in [4.69, 9.17) is 4.74 Å². The van der Waals surface area contributed by atoms with E-state index in [0.717, 1.165) is 19.0 Å². The molecule has 1 aliphatic heterocycles. The fourth-order valence-corrected chi connectivity index (χ4v) is 3.22. The molecule has 1 saturated heterocycles. The molecule has 1 N–H and O–H groups in total. The van der Waals surface area contributed by atoms with Gasteiger partial charge in [0.15, 0.2) is 0 Å². The highest BCUT2D eigenvalue weighted by atomic mass is 16.6. The zero-order valence-electron chi connectivity index (χ0n) is 11.3. The van der Waals surface area contributed by atoms with Crippen LogP contribution in [0.5, 0.6) is 0 Å². The highest BCUT2D eigenvalue weighted by molar-refractivity contribution is 5.74. The molecular formula is C14H25NO2. The predicted octanol–water partition coefficient (Wildman–Crippen LogP) is 2.35. The van der Waals surface area contributed by atoms with Gasteiger partial charge in [0.1, 0.15) is 5.60 Å². The van der Waals surface area contributed by atoms with Crippen LogP contribution in [0.3, 0.4) is 0 Å². The lowest BCUT2D eigenvalue weighted by Crippen LogP contribution is -2.34. The molecule has 1 heterocycles. The first-order chi connectivity index (χ1) is 7.97. The first-order valence-electron chi connectivity index (χ1n) is 6.91. The molecule has 0 aromatic carbocycles. The number of carbonyl (C=O) groups excluding carboxylic acids is 1. The molecule has 0 aromatic heterocycles. The topological polar surface area (TPSA) is 38.3 Å². The SMILES string of the molecule is CC(C)(C)OC(=O)C1CNCC1C1CCCC1. The zero-order valence-corrected chi connectivity index (χ0v) is 11.3. The molecule has 2 aliphatic rings. The maximum Gasteiger partial charge on any atom is 0.311 e. The fourth-order valence-electron chi connectivity index (χ4n) is 3.22. The van der Waals surface area contributed by atoms with Gasteiger partial charge in [-0.15, -0.1) is 0 Å². The van der Waals surface area contributed by atoms with E-state index in [2.05, 4.69) is 5.32 Å². The maximum atomic E-state index is 12.2. The van der Waals surface area contributed by atoms with Gasteiger partial charge < -0.3 is 10.1 Å². The van der Waals surface area contributed by atoms with Crippen LogP contribution in [-0.4, -0.2) is 24.7 Å². The lowest BCUT2D eigenvalue weighted by atomic mass is 9.83. The van der Waals surface area contributed by atoms with Gasteiger partial charge >= 0.3 is 5.97 Å². The van der Waals surface area contributed by atoms with Crippen LogP contribution in [0.4, 0.5) is 0 Å². The number of nitrogens with one attached hydrogen (secondary N) is 1. The van der Waals surface area contributed by atoms with Crippen LogP contribution in [0.25, 0.3) is 0 Å². The Morgan fingerprint density at radius 3 is 2.41 bits per heavy atom. The number of rotatable bonds is 2. The van der Waals surface area contributed by atoms with Gasteiger partial charge in [-0.2, -0.15) is 0 Å². The Bertz CT molecular complexity index is 276. The fraction of sp³-hybridized carbons (Fsp3) is 0.929. The Balaban J connectivity index is 1.96. The van der Waals surface area contributed by atoms with Gasteiger partial charge in [-0.05, 0) is 39.2 Å². The summed E-state index contributed by atoms with van der Waals surface area (Å²) in [6.07, 6.45) is 5.27. The van der Waals surface area contributed by atoms with Crippen molar-refractivity contribution in [1.82, 2.24) is 5.32 Å². The summed E-state index contributed by atoms with van der Waals surface area (Å²) in [6, 6.07) is 0. The molecule has 2 atom stereocenters. The Morgan fingerprint density at radius 2 is 1.82 bits per heavy atom. The summed E-state index contributed by atoms with van der Waals surface area (Å²) >= 11 is 0. The van der Waals surface area contributed by atoms with Gasteiger partial charge in [-0.25, -0.2) is 0 Å². The molecule has 0 amide bonds. The number of ether oxygens (including phenoxy) is 1. The summed E-state index contributed by atoms with van der Waals surface area (Å²) in [6.45, 7) is 7.62. The van der Waals surface area contributed by atoms with E-state index < -0.39 is 0 Å². The third-order valence-corrected chi connectivity index (χ3v) is 3.98. The second-order valence-electron chi connectivity index (χ2n) is 6.51. The minimum absolute atomic E-state index is 0.000556. The van der Waals surface area contributed by atoms with Gasteiger partial charge in [0, 0.05) is 6.54 Å². The van der Waals surface area contributed by atoms with E-state index >= 15 is 0 Å². The first-order valence-corrected chi connectivity index (χ1v) is 6.91. The van der Waals surface area contributed by atoms with Crippen LogP contribution in [0.1, 0.15) is 46.5 Å². The third kappa shape index (κ3) is 3.21. The smallest absolute Gasteiger partial charge is 0.311 e. The van der Waals surface area contributed by atoms with E-state index in [1.165, 1.54) is 25.7 Å². The summed E-state index contributed by atoms with van der Waals surface area (Å²) in [5.41, 5.74) is -0.361. The Labute approximate surface area is 104 Å². The molecule has 0 bridgehead atoms. The molecule has 98 valence electrons. The molecule has 3 nitrogen and oxygen atoms in total. The molecule has 3 heteroatoms. The molecule has 0 radical (unpaired) electrons. The highest BCUT2D eigenvalue weighted by Crippen LogP contribution is 2.37. The Morgan fingerprint density at radius 1 is 1.18 bits per heavy atom. The molecule has 1 aliphatic carbocycles. The molecule has 2 rings (SSSR count). The standard InChI is InChI=1S/C14H25NO2/c1-14(2,3)17-13(16)12-9-15-8-11(12)10-6-4-5-7-10/h10-12,15H,4-9H2,1-3H3. The molecule has 2 unspecified atom stereocenters. The predicted molar refractivity (Wildman–Crippen MR) is 67.7 cm³/mol. The minimum Gasteiger partial charge on any atom is -0.460 e. The number of hydrogen-bond donors (Lipinski definition) is 1.